The third kappa shape index (κ3) is 2.87. The summed E-state index contributed by atoms with van der Waals surface area (Å²) >= 11 is 0. The zero-order valence-corrected chi connectivity index (χ0v) is 13.3. The number of nitrogen functional groups attached to an aromatic ring is 1. The fourth-order valence-corrected chi connectivity index (χ4v) is 2.83. The number of nitrogens with two attached hydrogens (primary N) is 1. The molecule has 2 atom stereocenters. The molecule has 0 saturated carbocycles. The number of allylic oxidation sites excluding steroid dienone is 1. The van der Waals surface area contributed by atoms with E-state index in [1.807, 2.05) is 18.2 Å². The van der Waals surface area contributed by atoms with E-state index in [2.05, 4.69) is 63.7 Å². The van der Waals surface area contributed by atoms with Gasteiger partial charge in [-0.15, -0.1) is 6.58 Å². The zero-order chi connectivity index (χ0) is 15.5. The quantitative estimate of drug-likeness (QED) is 0.573. The average molecular weight is 279 g/mol. The first kappa shape index (κ1) is 15.4. The molecule has 1 nitrogen and oxygen atoms in total. The van der Waals surface area contributed by atoms with Crippen molar-refractivity contribution in [2.24, 2.45) is 5.92 Å². The van der Waals surface area contributed by atoms with Crippen molar-refractivity contribution in [2.75, 3.05) is 5.73 Å². The summed E-state index contributed by atoms with van der Waals surface area (Å²) in [5, 5.41) is 0. The number of hydrogen-bond donors (Lipinski definition) is 1. The Bertz CT molecular complexity index is 615. The molecule has 0 amide bonds. The van der Waals surface area contributed by atoms with Gasteiger partial charge in [0.25, 0.3) is 0 Å². The van der Waals surface area contributed by atoms with Crippen LogP contribution in [-0.2, 0) is 5.41 Å². The largest absolute Gasteiger partial charge is 0.398 e. The van der Waals surface area contributed by atoms with Gasteiger partial charge >= 0.3 is 0 Å². The summed E-state index contributed by atoms with van der Waals surface area (Å²) in [7, 11) is 0. The van der Waals surface area contributed by atoms with Crippen LogP contribution in [0.4, 0.5) is 5.69 Å². The molecule has 0 spiro atoms. The van der Waals surface area contributed by atoms with Crippen molar-refractivity contribution in [1.29, 1.82) is 0 Å². The third-order valence-corrected chi connectivity index (χ3v) is 4.80. The lowest BCUT2D eigenvalue weighted by Crippen LogP contribution is -2.28. The maximum absolute atomic E-state index is 6.27. The highest BCUT2D eigenvalue weighted by Crippen LogP contribution is 2.40. The molecular formula is C20H25N. The smallest absolute Gasteiger partial charge is 0.0355 e. The molecule has 0 aromatic heterocycles. The Morgan fingerprint density at radius 3 is 2.38 bits per heavy atom. The Balaban J connectivity index is 2.56. The van der Waals surface area contributed by atoms with E-state index < -0.39 is 0 Å². The summed E-state index contributed by atoms with van der Waals surface area (Å²) in [6.45, 7) is 10.8. The predicted molar refractivity (Wildman–Crippen MR) is 93.3 cm³/mol. The van der Waals surface area contributed by atoms with Gasteiger partial charge in [-0.05, 0) is 34.7 Å². The summed E-state index contributed by atoms with van der Waals surface area (Å²) in [5.41, 5.74) is 10.6. The summed E-state index contributed by atoms with van der Waals surface area (Å²) < 4.78 is 0. The molecule has 2 aromatic carbocycles. The molecule has 0 aliphatic carbocycles. The first-order valence-corrected chi connectivity index (χ1v) is 7.62. The van der Waals surface area contributed by atoms with Gasteiger partial charge in [0.2, 0.25) is 0 Å². The minimum absolute atomic E-state index is 0.108. The topological polar surface area (TPSA) is 26.0 Å². The van der Waals surface area contributed by atoms with Gasteiger partial charge < -0.3 is 5.73 Å². The van der Waals surface area contributed by atoms with E-state index in [1.165, 1.54) is 16.7 Å². The highest BCUT2D eigenvalue weighted by molar-refractivity contribution is 5.69. The molecule has 0 bridgehead atoms. The maximum Gasteiger partial charge on any atom is 0.0355 e. The summed E-state index contributed by atoms with van der Waals surface area (Å²) in [6, 6.07) is 16.7. The number of rotatable bonds is 5. The molecule has 2 aromatic rings. The van der Waals surface area contributed by atoms with E-state index in [0.717, 1.165) is 12.1 Å². The molecule has 0 saturated heterocycles. The van der Waals surface area contributed by atoms with Gasteiger partial charge in [-0.1, -0.05) is 69.7 Å². The molecule has 2 unspecified atom stereocenters. The fourth-order valence-electron chi connectivity index (χ4n) is 2.83. The normalized spacial score (nSPS) is 15.2. The molecule has 0 heterocycles. The Morgan fingerprint density at radius 1 is 1.14 bits per heavy atom. The molecule has 0 aliphatic rings. The van der Waals surface area contributed by atoms with E-state index in [4.69, 9.17) is 5.73 Å². The van der Waals surface area contributed by atoms with Crippen LogP contribution in [0.1, 0.15) is 32.8 Å². The molecule has 1 heteroatoms. The van der Waals surface area contributed by atoms with Crippen molar-refractivity contribution in [3.8, 4) is 11.1 Å². The summed E-state index contributed by atoms with van der Waals surface area (Å²) in [5.74, 6) is 0.489. The Morgan fingerprint density at radius 2 is 1.81 bits per heavy atom. The molecule has 21 heavy (non-hydrogen) atoms. The second kappa shape index (κ2) is 6.17. The van der Waals surface area contributed by atoms with Gasteiger partial charge in [0.05, 0.1) is 0 Å². The van der Waals surface area contributed by atoms with Crippen LogP contribution in [-0.4, -0.2) is 0 Å². The minimum Gasteiger partial charge on any atom is -0.398 e. The first-order valence-electron chi connectivity index (χ1n) is 7.62. The fraction of sp³-hybridized carbons (Fsp3) is 0.300. The summed E-state index contributed by atoms with van der Waals surface area (Å²) in [4.78, 5) is 0. The monoisotopic (exact) mass is 279 g/mol. The number of anilines is 1. The first-order chi connectivity index (χ1) is 10.0. The highest BCUT2D eigenvalue weighted by atomic mass is 14.6. The number of hydrogen-bond acceptors (Lipinski definition) is 1. The standard InChI is InChI=1S/C20H25N/c1-5-15(3)20(4,6-2)18-14-17(12-13-19(18)21)16-10-8-7-9-11-16/h6-15H,2,5,21H2,1,3-4H3. The Hall–Kier alpha value is -2.02. The Labute approximate surface area is 128 Å². The predicted octanol–water partition coefficient (Wildman–Crippen LogP) is 5.43. The van der Waals surface area contributed by atoms with Gasteiger partial charge in [-0.3, -0.25) is 0 Å². The van der Waals surface area contributed by atoms with Gasteiger partial charge in [0.1, 0.15) is 0 Å². The number of benzene rings is 2. The Kier molecular flexibility index (Phi) is 4.52. The molecule has 2 N–H and O–H groups in total. The van der Waals surface area contributed by atoms with E-state index in [1.54, 1.807) is 0 Å². The third-order valence-electron chi connectivity index (χ3n) is 4.80. The zero-order valence-electron chi connectivity index (χ0n) is 13.3. The lowest BCUT2D eigenvalue weighted by molar-refractivity contribution is 0.378. The molecule has 0 fully saturated rings. The maximum atomic E-state index is 6.27. The van der Waals surface area contributed by atoms with Crippen molar-refractivity contribution in [3.05, 3.63) is 66.7 Å². The van der Waals surface area contributed by atoms with Crippen LogP contribution in [0.15, 0.2) is 61.2 Å². The van der Waals surface area contributed by atoms with Crippen LogP contribution in [0.3, 0.4) is 0 Å². The van der Waals surface area contributed by atoms with Gasteiger partial charge in [0, 0.05) is 11.1 Å². The van der Waals surface area contributed by atoms with Crippen LogP contribution < -0.4 is 5.73 Å². The molecule has 0 radical (unpaired) electrons. The van der Waals surface area contributed by atoms with Crippen molar-refractivity contribution >= 4 is 5.69 Å². The van der Waals surface area contributed by atoms with Crippen molar-refractivity contribution < 1.29 is 0 Å². The molecule has 2 rings (SSSR count). The van der Waals surface area contributed by atoms with Gasteiger partial charge in [-0.25, -0.2) is 0 Å². The lowest BCUT2D eigenvalue weighted by atomic mass is 9.70. The van der Waals surface area contributed by atoms with Crippen LogP contribution in [0, 0.1) is 5.92 Å². The van der Waals surface area contributed by atoms with Crippen LogP contribution in [0.5, 0.6) is 0 Å². The lowest BCUT2D eigenvalue weighted by Gasteiger charge is -2.34. The SMILES string of the molecule is C=CC(C)(c1cc(-c2ccccc2)ccc1N)C(C)CC. The van der Waals surface area contributed by atoms with Crippen LogP contribution >= 0.6 is 0 Å². The molecule has 0 aliphatic heterocycles. The van der Waals surface area contributed by atoms with E-state index in [-0.39, 0.29) is 5.41 Å². The van der Waals surface area contributed by atoms with Crippen molar-refractivity contribution in [1.82, 2.24) is 0 Å². The van der Waals surface area contributed by atoms with E-state index >= 15 is 0 Å². The molecular weight excluding hydrogens is 254 g/mol. The van der Waals surface area contributed by atoms with Gasteiger partial charge in [-0.2, -0.15) is 0 Å². The summed E-state index contributed by atoms with van der Waals surface area (Å²) in [6.07, 6.45) is 3.14. The minimum atomic E-state index is -0.108. The van der Waals surface area contributed by atoms with Crippen molar-refractivity contribution in [2.45, 2.75) is 32.6 Å². The van der Waals surface area contributed by atoms with Crippen LogP contribution in [0.25, 0.3) is 11.1 Å². The van der Waals surface area contributed by atoms with E-state index in [0.29, 0.717) is 5.92 Å². The molecule has 110 valence electrons. The second-order valence-corrected chi connectivity index (χ2v) is 5.96. The average Bonchev–Trinajstić information content (AvgIpc) is 2.54. The van der Waals surface area contributed by atoms with Gasteiger partial charge in [0.15, 0.2) is 0 Å². The van der Waals surface area contributed by atoms with Crippen molar-refractivity contribution in [3.63, 3.8) is 0 Å². The van der Waals surface area contributed by atoms with Crippen LogP contribution in [0.2, 0.25) is 0 Å². The van der Waals surface area contributed by atoms with E-state index in [9.17, 15) is 0 Å². The second-order valence-electron chi connectivity index (χ2n) is 5.96. The highest BCUT2D eigenvalue weighted by Gasteiger charge is 2.30.